The number of hydrogen-bond donors (Lipinski definition) is 1. The van der Waals surface area contributed by atoms with E-state index in [9.17, 15) is 0 Å². The fourth-order valence-corrected chi connectivity index (χ4v) is 1.06. The average Bonchev–Trinajstić information content (AvgIpc) is 2.69. The highest BCUT2D eigenvalue weighted by molar-refractivity contribution is 5.16. The van der Waals surface area contributed by atoms with Crippen LogP contribution in [0, 0.1) is 0 Å². The van der Waals surface area contributed by atoms with E-state index in [2.05, 4.69) is 10.2 Å². The van der Waals surface area contributed by atoms with E-state index in [0.717, 1.165) is 11.3 Å². The predicted octanol–water partition coefficient (Wildman–Crippen LogP) is 1.99. The molecule has 1 N–H and O–H groups in total. The van der Waals surface area contributed by atoms with E-state index in [1.54, 1.807) is 12.4 Å². The maximum Gasteiger partial charge on any atom is 0.157 e. The maximum atomic E-state index is 5.44. The Morgan fingerprint density at radius 1 is 1.23 bits per heavy atom. The average molecular weight is 174 g/mol. The summed E-state index contributed by atoms with van der Waals surface area (Å²) >= 11 is 0. The summed E-state index contributed by atoms with van der Waals surface area (Å²) in [6.07, 6.45) is 3.38. The van der Waals surface area contributed by atoms with Gasteiger partial charge in [-0.2, -0.15) is 5.10 Å². The van der Waals surface area contributed by atoms with E-state index in [1.807, 2.05) is 30.3 Å². The van der Waals surface area contributed by atoms with Crippen LogP contribution < -0.4 is 4.74 Å². The quantitative estimate of drug-likeness (QED) is 0.772. The number of nitrogens with one attached hydrogen (secondary N) is 1. The fourth-order valence-electron chi connectivity index (χ4n) is 1.06. The Bertz CT molecular complexity index is 342. The topological polar surface area (TPSA) is 37.9 Å². The van der Waals surface area contributed by atoms with Crippen molar-refractivity contribution in [2.24, 2.45) is 0 Å². The molecular weight excluding hydrogens is 164 g/mol. The summed E-state index contributed by atoms with van der Waals surface area (Å²) in [4.78, 5) is 0. The summed E-state index contributed by atoms with van der Waals surface area (Å²) in [7, 11) is 0. The van der Waals surface area contributed by atoms with Crippen LogP contribution >= 0.6 is 0 Å². The van der Waals surface area contributed by atoms with Crippen molar-refractivity contribution in [2.75, 3.05) is 0 Å². The molecule has 2 rings (SSSR count). The number of benzene rings is 1. The van der Waals surface area contributed by atoms with Crippen LogP contribution in [-0.4, -0.2) is 10.2 Å². The molecule has 0 radical (unpaired) electrons. The molecule has 0 bridgehead atoms. The summed E-state index contributed by atoms with van der Waals surface area (Å²) < 4.78 is 5.44. The molecule has 0 unspecified atom stereocenters. The van der Waals surface area contributed by atoms with Gasteiger partial charge in [0.2, 0.25) is 0 Å². The summed E-state index contributed by atoms with van der Waals surface area (Å²) in [6, 6.07) is 10.0. The van der Waals surface area contributed by atoms with Gasteiger partial charge in [-0.1, -0.05) is 30.3 Å². The molecule has 0 aliphatic carbocycles. The second kappa shape index (κ2) is 3.76. The third-order valence-electron chi connectivity index (χ3n) is 1.72. The van der Waals surface area contributed by atoms with E-state index in [-0.39, 0.29) is 0 Å². The molecular formula is C10H10N2O. The van der Waals surface area contributed by atoms with Crippen molar-refractivity contribution in [3.8, 4) is 5.75 Å². The molecule has 0 saturated carbocycles. The van der Waals surface area contributed by atoms with E-state index in [1.165, 1.54) is 0 Å². The van der Waals surface area contributed by atoms with Crippen molar-refractivity contribution < 1.29 is 4.74 Å². The molecule has 0 fully saturated rings. The minimum absolute atomic E-state index is 0.584. The van der Waals surface area contributed by atoms with E-state index >= 15 is 0 Å². The standard InChI is InChI=1S/C10H10N2O/c1-2-4-9(5-3-1)8-13-10-6-11-12-7-10/h1-7H,8H2,(H,11,12). The molecule has 0 atom stereocenters. The van der Waals surface area contributed by atoms with Crippen LogP contribution in [0.5, 0.6) is 5.75 Å². The molecule has 0 aliphatic heterocycles. The van der Waals surface area contributed by atoms with E-state index in [4.69, 9.17) is 4.74 Å². The molecule has 0 spiro atoms. The predicted molar refractivity (Wildman–Crippen MR) is 49.4 cm³/mol. The lowest BCUT2D eigenvalue weighted by atomic mass is 10.2. The Labute approximate surface area is 76.4 Å². The number of hydrogen-bond acceptors (Lipinski definition) is 2. The summed E-state index contributed by atoms with van der Waals surface area (Å²) in [5, 5.41) is 6.48. The van der Waals surface area contributed by atoms with Gasteiger partial charge in [0.25, 0.3) is 0 Å². The second-order valence-electron chi connectivity index (χ2n) is 2.71. The normalized spacial score (nSPS) is 9.85. The fraction of sp³-hybridized carbons (Fsp3) is 0.100. The van der Waals surface area contributed by atoms with Gasteiger partial charge in [0.15, 0.2) is 5.75 Å². The molecule has 0 saturated heterocycles. The Hall–Kier alpha value is -1.77. The van der Waals surface area contributed by atoms with Gasteiger partial charge in [-0.25, -0.2) is 0 Å². The lowest BCUT2D eigenvalue weighted by Gasteiger charge is -2.01. The highest BCUT2D eigenvalue weighted by Crippen LogP contribution is 2.08. The van der Waals surface area contributed by atoms with Gasteiger partial charge in [0, 0.05) is 0 Å². The first-order valence-electron chi connectivity index (χ1n) is 4.10. The van der Waals surface area contributed by atoms with Crippen LogP contribution in [-0.2, 0) is 6.61 Å². The summed E-state index contributed by atoms with van der Waals surface area (Å²) in [5.74, 6) is 0.767. The Kier molecular flexibility index (Phi) is 2.27. The number of ether oxygens (including phenoxy) is 1. The summed E-state index contributed by atoms with van der Waals surface area (Å²) in [5.41, 5.74) is 1.16. The lowest BCUT2D eigenvalue weighted by molar-refractivity contribution is 0.306. The number of aromatic nitrogens is 2. The number of rotatable bonds is 3. The minimum Gasteiger partial charge on any atom is -0.486 e. The van der Waals surface area contributed by atoms with Crippen molar-refractivity contribution in [3.63, 3.8) is 0 Å². The molecule has 3 nitrogen and oxygen atoms in total. The number of aromatic amines is 1. The maximum absolute atomic E-state index is 5.44. The number of H-pyrrole nitrogens is 1. The minimum atomic E-state index is 0.584. The van der Waals surface area contributed by atoms with E-state index in [0.29, 0.717) is 6.61 Å². The van der Waals surface area contributed by atoms with Crippen LogP contribution in [0.2, 0.25) is 0 Å². The molecule has 1 heterocycles. The van der Waals surface area contributed by atoms with Gasteiger partial charge in [-0.15, -0.1) is 0 Å². The highest BCUT2D eigenvalue weighted by atomic mass is 16.5. The van der Waals surface area contributed by atoms with Crippen molar-refractivity contribution in [1.29, 1.82) is 0 Å². The van der Waals surface area contributed by atoms with E-state index < -0.39 is 0 Å². The van der Waals surface area contributed by atoms with Gasteiger partial charge >= 0.3 is 0 Å². The van der Waals surface area contributed by atoms with Crippen molar-refractivity contribution in [3.05, 3.63) is 48.3 Å². The van der Waals surface area contributed by atoms with Crippen LogP contribution in [0.1, 0.15) is 5.56 Å². The zero-order valence-electron chi connectivity index (χ0n) is 7.10. The van der Waals surface area contributed by atoms with Crippen LogP contribution in [0.3, 0.4) is 0 Å². The molecule has 0 amide bonds. The first kappa shape index (κ1) is 7.86. The first-order valence-corrected chi connectivity index (χ1v) is 4.10. The lowest BCUT2D eigenvalue weighted by Crippen LogP contribution is -1.93. The van der Waals surface area contributed by atoms with Gasteiger partial charge in [0.1, 0.15) is 6.61 Å². The van der Waals surface area contributed by atoms with Crippen molar-refractivity contribution in [2.45, 2.75) is 6.61 Å². The Morgan fingerprint density at radius 3 is 2.77 bits per heavy atom. The second-order valence-corrected chi connectivity index (χ2v) is 2.71. The van der Waals surface area contributed by atoms with Gasteiger partial charge in [-0.3, -0.25) is 5.10 Å². The van der Waals surface area contributed by atoms with Gasteiger partial charge in [-0.05, 0) is 5.56 Å². The van der Waals surface area contributed by atoms with Crippen LogP contribution in [0.25, 0.3) is 0 Å². The highest BCUT2D eigenvalue weighted by Gasteiger charge is 1.94. The zero-order chi connectivity index (χ0) is 8.93. The zero-order valence-corrected chi connectivity index (χ0v) is 7.10. The van der Waals surface area contributed by atoms with Gasteiger partial charge < -0.3 is 4.74 Å². The monoisotopic (exact) mass is 174 g/mol. The Morgan fingerprint density at radius 2 is 2.08 bits per heavy atom. The van der Waals surface area contributed by atoms with Crippen LogP contribution in [0.4, 0.5) is 0 Å². The van der Waals surface area contributed by atoms with Gasteiger partial charge in [0.05, 0.1) is 12.4 Å². The summed E-state index contributed by atoms with van der Waals surface area (Å²) in [6.45, 7) is 0.584. The van der Waals surface area contributed by atoms with Crippen LogP contribution in [0.15, 0.2) is 42.7 Å². The van der Waals surface area contributed by atoms with Crippen molar-refractivity contribution in [1.82, 2.24) is 10.2 Å². The number of nitrogens with zero attached hydrogens (tertiary/aromatic N) is 1. The first-order chi connectivity index (χ1) is 6.45. The molecule has 66 valence electrons. The molecule has 2 aromatic rings. The molecule has 1 aromatic carbocycles. The molecule has 0 aliphatic rings. The molecule has 1 aromatic heterocycles. The third-order valence-corrected chi connectivity index (χ3v) is 1.72. The largest absolute Gasteiger partial charge is 0.486 e. The Balaban J connectivity index is 1.94. The van der Waals surface area contributed by atoms with Crippen molar-refractivity contribution >= 4 is 0 Å². The smallest absolute Gasteiger partial charge is 0.157 e. The SMILES string of the molecule is c1ccc(COc2cn[nH]c2)cc1. The molecule has 3 heteroatoms. The molecule has 13 heavy (non-hydrogen) atoms. The third kappa shape index (κ3) is 2.08.